The van der Waals surface area contributed by atoms with E-state index in [1.54, 1.807) is 0 Å². The molecular formula is C7H13NO. The van der Waals surface area contributed by atoms with E-state index in [1.165, 1.54) is 6.42 Å². The second-order valence-electron chi connectivity index (χ2n) is 3.35. The maximum Gasteiger partial charge on any atom is 0.0474 e. The summed E-state index contributed by atoms with van der Waals surface area (Å²) in [7, 11) is 2.15. The van der Waals surface area contributed by atoms with Crippen molar-refractivity contribution in [3.8, 4) is 0 Å². The second-order valence-corrected chi connectivity index (χ2v) is 3.35. The standard InChI is InChI=1S/C7H13NO/c1-8-3-5(4-9)6-2-7(6)8/h5-7,9H,2-4H2,1H3/t5?,6-,7-/m0/s1. The molecule has 1 saturated carbocycles. The number of likely N-dealkylation sites (tertiary alicyclic amines) is 1. The van der Waals surface area contributed by atoms with Crippen LogP contribution in [0.25, 0.3) is 0 Å². The van der Waals surface area contributed by atoms with Crippen molar-refractivity contribution in [2.45, 2.75) is 12.5 Å². The Labute approximate surface area is 55.5 Å². The summed E-state index contributed by atoms with van der Waals surface area (Å²) in [6, 6.07) is 0.835. The van der Waals surface area contributed by atoms with Crippen molar-refractivity contribution in [1.82, 2.24) is 4.90 Å². The monoisotopic (exact) mass is 127 g/mol. The van der Waals surface area contributed by atoms with E-state index in [1.807, 2.05) is 0 Å². The smallest absolute Gasteiger partial charge is 0.0474 e. The van der Waals surface area contributed by atoms with Crippen LogP contribution < -0.4 is 0 Å². The fourth-order valence-corrected chi connectivity index (χ4v) is 2.05. The van der Waals surface area contributed by atoms with Gasteiger partial charge in [0.15, 0.2) is 0 Å². The molecular weight excluding hydrogens is 114 g/mol. The quantitative estimate of drug-likeness (QED) is 0.533. The molecule has 2 aliphatic rings. The molecule has 2 nitrogen and oxygen atoms in total. The highest BCUT2D eigenvalue weighted by Gasteiger charge is 2.51. The van der Waals surface area contributed by atoms with Gasteiger partial charge < -0.3 is 10.0 Å². The van der Waals surface area contributed by atoms with Gasteiger partial charge in [-0.25, -0.2) is 0 Å². The molecule has 2 rings (SSSR count). The lowest BCUT2D eigenvalue weighted by Gasteiger charge is -2.12. The van der Waals surface area contributed by atoms with E-state index in [9.17, 15) is 0 Å². The van der Waals surface area contributed by atoms with Crippen LogP contribution in [-0.2, 0) is 0 Å². The Morgan fingerprint density at radius 1 is 1.67 bits per heavy atom. The molecule has 2 fully saturated rings. The number of hydrogen-bond donors (Lipinski definition) is 1. The van der Waals surface area contributed by atoms with Gasteiger partial charge >= 0.3 is 0 Å². The predicted octanol–water partition coefficient (Wildman–Crippen LogP) is -0.0712. The summed E-state index contributed by atoms with van der Waals surface area (Å²) < 4.78 is 0. The van der Waals surface area contributed by atoms with Gasteiger partial charge in [0.25, 0.3) is 0 Å². The number of aliphatic hydroxyl groups excluding tert-OH is 1. The van der Waals surface area contributed by atoms with Crippen LogP contribution in [0.3, 0.4) is 0 Å². The summed E-state index contributed by atoms with van der Waals surface area (Å²) in [6.45, 7) is 1.51. The average Bonchev–Trinajstić information content (AvgIpc) is 2.56. The van der Waals surface area contributed by atoms with Crippen LogP contribution in [0.2, 0.25) is 0 Å². The number of aliphatic hydroxyl groups is 1. The zero-order valence-electron chi connectivity index (χ0n) is 5.75. The van der Waals surface area contributed by atoms with Gasteiger partial charge in [-0.05, 0) is 25.3 Å². The van der Waals surface area contributed by atoms with E-state index in [-0.39, 0.29) is 0 Å². The Morgan fingerprint density at radius 3 is 2.67 bits per heavy atom. The number of hydrogen-bond acceptors (Lipinski definition) is 2. The van der Waals surface area contributed by atoms with Gasteiger partial charge in [-0.1, -0.05) is 0 Å². The minimum absolute atomic E-state index is 0.394. The predicted molar refractivity (Wildman–Crippen MR) is 35.1 cm³/mol. The summed E-state index contributed by atoms with van der Waals surface area (Å²) in [6.07, 6.45) is 1.34. The Kier molecular flexibility index (Phi) is 1.08. The van der Waals surface area contributed by atoms with Gasteiger partial charge in [0, 0.05) is 19.2 Å². The van der Waals surface area contributed by atoms with Gasteiger partial charge in [0.2, 0.25) is 0 Å². The maximum atomic E-state index is 8.85. The lowest BCUT2D eigenvalue weighted by Crippen LogP contribution is -2.21. The van der Waals surface area contributed by atoms with E-state index < -0.39 is 0 Å². The first kappa shape index (κ1) is 5.69. The number of rotatable bonds is 1. The van der Waals surface area contributed by atoms with Crippen LogP contribution in [0.4, 0.5) is 0 Å². The zero-order valence-corrected chi connectivity index (χ0v) is 5.75. The number of nitrogens with zero attached hydrogens (tertiary/aromatic N) is 1. The van der Waals surface area contributed by atoms with Crippen molar-refractivity contribution in [1.29, 1.82) is 0 Å². The molecule has 0 aromatic carbocycles. The fraction of sp³-hybridized carbons (Fsp3) is 1.00. The van der Waals surface area contributed by atoms with E-state index in [0.29, 0.717) is 12.5 Å². The summed E-state index contributed by atoms with van der Waals surface area (Å²) in [4.78, 5) is 2.37. The minimum Gasteiger partial charge on any atom is -0.396 e. The number of piperidine rings is 1. The minimum atomic E-state index is 0.394. The lowest BCUT2D eigenvalue weighted by molar-refractivity contribution is 0.205. The molecule has 1 aliphatic heterocycles. The molecule has 1 heterocycles. The zero-order chi connectivity index (χ0) is 6.43. The lowest BCUT2D eigenvalue weighted by atomic mass is 10.1. The average molecular weight is 127 g/mol. The molecule has 3 atom stereocenters. The molecule has 52 valence electrons. The van der Waals surface area contributed by atoms with Crippen LogP contribution in [-0.4, -0.2) is 36.2 Å². The van der Waals surface area contributed by atoms with Gasteiger partial charge in [0.1, 0.15) is 0 Å². The molecule has 1 saturated heterocycles. The highest BCUT2D eigenvalue weighted by molar-refractivity contribution is 5.04. The van der Waals surface area contributed by atoms with Crippen LogP contribution >= 0.6 is 0 Å². The van der Waals surface area contributed by atoms with E-state index in [0.717, 1.165) is 18.5 Å². The SMILES string of the molecule is CN1CC(CO)[C@@H]2C[C@@H]21. The Morgan fingerprint density at radius 2 is 2.44 bits per heavy atom. The van der Waals surface area contributed by atoms with Gasteiger partial charge in [-0.15, -0.1) is 0 Å². The molecule has 0 aromatic heterocycles. The Balaban J connectivity index is 2.00. The molecule has 0 aromatic rings. The molecule has 1 aliphatic carbocycles. The largest absolute Gasteiger partial charge is 0.396 e. The number of fused-ring (bicyclic) bond motifs is 1. The molecule has 1 unspecified atom stereocenters. The molecule has 9 heavy (non-hydrogen) atoms. The van der Waals surface area contributed by atoms with Crippen LogP contribution in [0.1, 0.15) is 6.42 Å². The van der Waals surface area contributed by atoms with Crippen molar-refractivity contribution in [3.63, 3.8) is 0 Å². The molecule has 0 spiro atoms. The normalized spacial score (nSPS) is 49.3. The third-order valence-electron chi connectivity index (χ3n) is 2.73. The maximum absolute atomic E-state index is 8.85. The summed E-state index contributed by atoms with van der Waals surface area (Å²) in [5.41, 5.74) is 0. The highest BCUT2D eigenvalue weighted by Crippen LogP contribution is 2.46. The van der Waals surface area contributed by atoms with E-state index in [4.69, 9.17) is 5.11 Å². The van der Waals surface area contributed by atoms with Crippen molar-refractivity contribution in [2.24, 2.45) is 11.8 Å². The first-order chi connectivity index (χ1) is 4.33. The molecule has 0 bridgehead atoms. The van der Waals surface area contributed by atoms with Crippen molar-refractivity contribution >= 4 is 0 Å². The van der Waals surface area contributed by atoms with Crippen molar-refractivity contribution in [3.05, 3.63) is 0 Å². The summed E-state index contributed by atoms with van der Waals surface area (Å²) in [5, 5.41) is 8.85. The van der Waals surface area contributed by atoms with Crippen molar-refractivity contribution in [2.75, 3.05) is 20.2 Å². The van der Waals surface area contributed by atoms with Crippen LogP contribution in [0, 0.1) is 11.8 Å². The van der Waals surface area contributed by atoms with Crippen molar-refractivity contribution < 1.29 is 5.11 Å². The van der Waals surface area contributed by atoms with Crippen LogP contribution in [0.15, 0.2) is 0 Å². The molecule has 0 amide bonds. The van der Waals surface area contributed by atoms with E-state index in [2.05, 4.69) is 11.9 Å². The third-order valence-corrected chi connectivity index (χ3v) is 2.73. The van der Waals surface area contributed by atoms with Gasteiger partial charge in [0.05, 0.1) is 0 Å². The highest BCUT2D eigenvalue weighted by atomic mass is 16.3. The second kappa shape index (κ2) is 1.70. The molecule has 1 N–H and O–H groups in total. The Hall–Kier alpha value is -0.0800. The summed E-state index contributed by atoms with van der Waals surface area (Å²) >= 11 is 0. The topological polar surface area (TPSA) is 23.5 Å². The molecule has 2 heteroatoms. The van der Waals surface area contributed by atoms with Gasteiger partial charge in [-0.2, -0.15) is 0 Å². The van der Waals surface area contributed by atoms with E-state index >= 15 is 0 Å². The first-order valence-electron chi connectivity index (χ1n) is 3.64. The Bertz CT molecular complexity index is 126. The fourth-order valence-electron chi connectivity index (χ4n) is 2.05. The van der Waals surface area contributed by atoms with Gasteiger partial charge in [-0.3, -0.25) is 0 Å². The summed E-state index contributed by atoms with van der Waals surface area (Å²) in [5.74, 6) is 1.44. The molecule has 0 radical (unpaired) electrons. The first-order valence-corrected chi connectivity index (χ1v) is 3.64. The van der Waals surface area contributed by atoms with Crippen LogP contribution in [0.5, 0.6) is 0 Å². The third kappa shape index (κ3) is 0.700.